The summed E-state index contributed by atoms with van der Waals surface area (Å²) in [6.07, 6.45) is 0.833. The van der Waals surface area contributed by atoms with Crippen molar-refractivity contribution in [3.8, 4) is 0 Å². The van der Waals surface area contributed by atoms with Crippen LogP contribution in [0.4, 0.5) is 17.1 Å². The maximum Gasteiger partial charge on any atom is 0.271 e. The monoisotopic (exact) mass is 880 g/mol. The molecule has 5 aromatic rings. The van der Waals surface area contributed by atoms with Crippen LogP contribution in [0.15, 0.2) is 121 Å². The van der Waals surface area contributed by atoms with Gasteiger partial charge in [0.2, 0.25) is 0 Å². The standard InChI is InChI=1S/C29H38N2O2.C11H17NO.C7H16O3.C7H6O/c1-5-30(16-18-32)25-12-14-27(22(3)20-25)29(24-10-8-7-9-11-24)28-15-13-26(21-23(28)4)31(6-2)17-19-33;1-3-12(7-8-13)11-6-4-5-10(2)9-11;1-4-8-7(9-5-2)10-6-3;8-6-7-4-2-1-3-5-7/h7-15,20-21,29,32-33H,5-6,16-19H2,1-4H3;4-6,9,13H,3,7-8H2,1-2H3;7H,4-6H2,1-3H3;1-6H. The van der Waals surface area contributed by atoms with Crippen molar-refractivity contribution in [2.45, 2.75) is 74.7 Å². The molecular weight excluding hydrogens is 803 g/mol. The quantitative estimate of drug-likeness (QED) is 0.0353. The smallest absolute Gasteiger partial charge is 0.271 e. The molecule has 10 nitrogen and oxygen atoms in total. The summed E-state index contributed by atoms with van der Waals surface area (Å²) in [5, 5.41) is 27.7. The van der Waals surface area contributed by atoms with Gasteiger partial charge in [-0.25, -0.2) is 0 Å². The van der Waals surface area contributed by atoms with Gasteiger partial charge in [0.15, 0.2) is 0 Å². The topological polar surface area (TPSA) is 115 Å². The summed E-state index contributed by atoms with van der Waals surface area (Å²) in [6, 6.07) is 41.5. The van der Waals surface area contributed by atoms with Gasteiger partial charge in [-0.15, -0.1) is 0 Å². The lowest BCUT2D eigenvalue weighted by atomic mass is 9.81. The second kappa shape index (κ2) is 32.6. The van der Waals surface area contributed by atoms with Crippen LogP contribution < -0.4 is 14.7 Å². The van der Waals surface area contributed by atoms with Gasteiger partial charge in [-0.3, -0.25) is 4.79 Å². The molecule has 5 rings (SSSR count). The SMILES string of the molecule is CCN(CCO)c1ccc(C(c2ccccc2)c2ccc(N(CC)CCO)cc2C)c(C)c1.CCN(CCO)c1cccc(C)c1.CCOC(OCC)OCC.O=Cc1ccccc1. The number of rotatable bonds is 22. The van der Waals surface area contributed by atoms with E-state index >= 15 is 0 Å². The average molecular weight is 880 g/mol. The number of nitrogens with zero attached hydrogens (tertiary/aromatic N) is 3. The van der Waals surface area contributed by atoms with Crippen molar-refractivity contribution in [2.24, 2.45) is 0 Å². The highest BCUT2D eigenvalue weighted by Crippen LogP contribution is 2.38. The van der Waals surface area contributed by atoms with E-state index < -0.39 is 6.48 Å². The number of carbonyl (C=O) groups is 1. The molecule has 0 spiro atoms. The summed E-state index contributed by atoms with van der Waals surface area (Å²) in [6.45, 7) is 25.0. The molecule has 0 aliphatic rings. The van der Waals surface area contributed by atoms with Crippen LogP contribution in [0.1, 0.15) is 91.2 Å². The molecule has 64 heavy (non-hydrogen) atoms. The Hall–Kier alpha value is -5.07. The zero-order valence-corrected chi connectivity index (χ0v) is 40.1. The minimum Gasteiger partial charge on any atom is -0.395 e. The number of aryl methyl sites for hydroxylation is 3. The second-order valence-electron chi connectivity index (χ2n) is 14.9. The number of aliphatic hydroxyl groups excluding tert-OH is 3. The molecule has 10 heteroatoms. The van der Waals surface area contributed by atoms with Crippen LogP contribution in [0.5, 0.6) is 0 Å². The molecule has 0 radical (unpaired) electrons. The van der Waals surface area contributed by atoms with Crippen LogP contribution in [0.2, 0.25) is 0 Å². The molecule has 0 bridgehead atoms. The van der Waals surface area contributed by atoms with Crippen molar-refractivity contribution in [1.29, 1.82) is 0 Å². The van der Waals surface area contributed by atoms with Crippen molar-refractivity contribution in [2.75, 3.05) is 93.6 Å². The minimum absolute atomic E-state index is 0.134. The average Bonchev–Trinajstić information content (AvgIpc) is 3.31. The third kappa shape index (κ3) is 19.0. The van der Waals surface area contributed by atoms with E-state index in [-0.39, 0.29) is 25.7 Å². The van der Waals surface area contributed by atoms with Crippen LogP contribution in [0.3, 0.4) is 0 Å². The molecule has 0 atom stereocenters. The van der Waals surface area contributed by atoms with Crippen molar-refractivity contribution in [1.82, 2.24) is 0 Å². The van der Waals surface area contributed by atoms with E-state index in [1.165, 1.54) is 39.1 Å². The van der Waals surface area contributed by atoms with Crippen LogP contribution in [-0.2, 0) is 14.2 Å². The lowest BCUT2D eigenvalue weighted by Crippen LogP contribution is -2.26. The zero-order valence-electron chi connectivity index (χ0n) is 40.1. The molecule has 5 aromatic carbocycles. The second-order valence-corrected chi connectivity index (χ2v) is 14.9. The third-order valence-electron chi connectivity index (χ3n) is 10.5. The maximum atomic E-state index is 10.0. The number of likely N-dealkylation sites (N-methyl/N-ethyl adjacent to an activating group) is 3. The molecule has 350 valence electrons. The Morgan fingerprint density at radius 1 is 0.500 bits per heavy atom. The number of hydrogen-bond acceptors (Lipinski definition) is 10. The van der Waals surface area contributed by atoms with Crippen LogP contribution >= 0.6 is 0 Å². The van der Waals surface area contributed by atoms with Gasteiger partial charge in [0, 0.05) is 87.6 Å². The summed E-state index contributed by atoms with van der Waals surface area (Å²) >= 11 is 0. The largest absolute Gasteiger partial charge is 0.395 e. The van der Waals surface area contributed by atoms with Crippen molar-refractivity contribution < 1.29 is 34.3 Å². The van der Waals surface area contributed by atoms with Crippen LogP contribution in [0.25, 0.3) is 0 Å². The Bertz CT molecular complexity index is 1890. The number of ether oxygens (including phenoxy) is 3. The Labute approximate surface area is 385 Å². The molecule has 0 fully saturated rings. The van der Waals surface area contributed by atoms with Gasteiger partial charge >= 0.3 is 0 Å². The van der Waals surface area contributed by atoms with Gasteiger partial charge in [0.25, 0.3) is 6.48 Å². The van der Waals surface area contributed by atoms with Gasteiger partial charge in [-0.05, 0) is 132 Å². The summed E-state index contributed by atoms with van der Waals surface area (Å²) in [5.41, 5.74) is 11.8. The highest BCUT2D eigenvalue weighted by molar-refractivity contribution is 5.74. The lowest BCUT2D eigenvalue weighted by Gasteiger charge is -2.28. The number of hydrogen-bond donors (Lipinski definition) is 3. The molecule has 0 aliphatic carbocycles. The predicted octanol–water partition coefficient (Wildman–Crippen LogP) is 9.81. The molecule has 0 aromatic heterocycles. The first-order valence-electron chi connectivity index (χ1n) is 22.8. The molecule has 0 saturated heterocycles. The molecule has 0 aliphatic heterocycles. The molecule has 0 unspecified atom stereocenters. The van der Waals surface area contributed by atoms with Crippen molar-refractivity contribution >= 4 is 23.3 Å². The first-order valence-corrected chi connectivity index (χ1v) is 22.8. The Balaban J connectivity index is 0.000000367. The third-order valence-corrected chi connectivity index (χ3v) is 10.5. The zero-order chi connectivity index (χ0) is 47.1. The number of anilines is 3. The Morgan fingerprint density at radius 3 is 1.23 bits per heavy atom. The maximum absolute atomic E-state index is 10.0. The summed E-state index contributed by atoms with van der Waals surface area (Å²) in [7, 11) is 0. The fourth-order valence-electron chi connectivity index (χ4n) is 7.21. The number of benzene rings is 5. The van der Waals surface area contributed by atoms with E-state index in [4.69, 9.17) is 19.3 Å². The van der Waals surface area contributed by atoms with Crippen molar-refractivity contribution in [3.63, 3.8) is 0 Å². The number of carbonyl (C=O) groups excluding carboxylic acids is 1. The van der Waals surface area contributed by atoms with Gasteiger partial charge in [0.1, 0.15) is 6.29 Å². The van der Waals surface area contributed by atoms with Gasteiger partial charge < -0.3 is 44.2 Å². The van der Waals surface area contributed by atoms with Gasteiger partial charge in [-0.1, -0.05) is 84.9 Å². The molecule has 0 saturated carbocycles. The van der Waals surface area contributed by atoms with E-state index in [2.05, 4.69) is 141 Å². The van der Waals surface area contributed by atoms with E-state index in [0.29, 0.717) is 39.5 Å². The molecule has 3 N–H and O–H groups in total. The normalized spacial score (nSPS) is 10.5. The van der Waals surface area contributed by atoms with Crippen LogP contribution in [0, 0.1) is 20.8 Å². The first-order chi connectivity index (χ1) is 31.1. The van der Waals surface area contributed by atoms with E-state index in [0.717, 1.165) is 42.9 Å². The molecule has 0 amide bonds. The van der Waals surface area contributed by atoms with Crippen LogP contribution in [-0.4, -0.2) is 107 Å². The van der Waals surface area contributed by atoms with Crippen molar-refractivity contribution in [3.05, 3.63) is 160 Å². The fourth-order valence-corrected chi connectivity index (χ4v) is 7.21. The summed E-state index contributed by atoms with van der Waals surface area (Å²) in [4.78, 5) is 16.6. The fraction of sp³-hybridized carbons (Fsp3) is 0.426. The number of aldehydes is 1. The van der Waals surface area contributed by atoms with E-state index in [9.17, 15) is 15.0 Å². The van der Waals surface area contributed by atoms with E-state index in [1.54, 1.807) is 12.1 Å². The lowest BCUT2D eigenvalue weighted by molar-refractivity contribution is -0.282. The summed E-state index contributed by atoms with van der Waals surface area (Å²) in [5.74, 6) is 0.134. The Kier molecular flexibility index (Phi) is 28.0. The highest BCUT2D eigenvalue weighted by atomic mass is 16.8. The van der Waals surface area contributed by atoms with Gasteiger partial charge in [0.05, 0.1) is 19.8 Å². The Morgan fingerprint density at radius 2 is 0.906 bits per heavy atom. The first kappa shape index (κ1) is 55.1. The molecule has 0 heterocycles. The molecular formula is C54H77N3O7. The predicted molar refractivity (Wildman–Crippen MR) is 266 cm³/mol. The minimum atomic E-state index is -0.472. The van der Waals surface area contributed by atoms with Gasteiger partial charge in [-0.2, -0.15) is 0 Å². The summed E-state index contributed by atoms with van der Waals surface area (Å²) < 4.78 is 15.2. The number of aliphatic hydroxyl groups is 3. The van der Waals surface area contributed by atoms with E-state index in [1.807, 2.05) is 45.0 Å². The highest BCUT2D eigenvalue weighted by Gasteiger charge is 2.22.